The number of methoxy groups -OCH3 is 1. The van der Waals surface area contributed by atoms with E-state index in [0.29, 0.717) is 36.3 Å². The largest absolute Gasteiger partial charge is 0.476 e. The number of ether oxygens (including phenoxy) is 2. The Kier molecular flexibility index (Phi) is 5.49. The highest BCUT2D eigenvalue weighted by Crippen LogP contribution is 2.25. The molecule has 0 spiro atoms. The standard InChI is InChI=1S/C22H23NO5/c1-4-22(2,21(26)27-3)28-16-11-9-15(10-12-16)13-14-23-19(24)17-7-5-6-8-18(17)20(23)25/h5-12H,4,13-14H2,1-3H3/t22-/m1/s1. The molecule has 2 aromatic carbocycles. The van der Waals surface area contributed by atoms with E-state index >= 15 is 0 Å². The molecule has 1 aliphatic heterocycles. The van der Waals surface area contributed by atoms with Crippen LogP contribution >= 0.6 is 0 Å². The first-order valence-corrected chi connectivity index (χ1v) is 9.21. The summed E-state index contributed by atoms with van der Waals surface area (Å²) < 4.78 is 10.6. The molecule has 0 radical (unpaired) electrons. The van der Waals surface area contributed by atoms with Gasteiger partial charge in [-0.1, -0.05) is 31.2 Å². The van der Waals surface area contributed by atoms with Crippen LogP contribution < -0.4 is 4.74 Å². The van der Waals surface area contributed by atoms with Gasteiger partial charge in [0, 0.05) is 6.54 Å². The topological polar surface area (TPSA) is 72.9 Å². The first kappa shape index (κ1) is 19.6. The molecule has 0 saturated carbocycles. The Morgan fingerprint density at radius 2 is 1.57 bits per heavy atom. The van der Waals surface area contributed by atoms with Gasteiger partial charge in [-0.2, -0.15) is 0 Å². The molecule has 2 amide bonds. The van der Waals surface area contributed by atoms with Crippen molar-refractivity contribution in [2.24, 2.45) is 0 Å². The van der Waals surface area contributed by atoms with E-state index in [9.17, 15) is 14.4 Å². The van der Waals surface area contributed by atoms with Gasteiger partial charge in [-0.3, -0.25) is 14.5 Å². The summed E-state index contributed by atoms with van der Waals surface area (Å²) in [7, 11) is 1.34. The second kappa shape index (κ2) is 7.84. The van der Waals surface area contributed by atoms with Crippen molar-refractivity contribution in [1.82, 2.24) is 4.90 Å². The van der Waals surface area contributed by atoms with E-state index < -0.39 is 11.6 Å². The van der Waals surface area contributed by atoms with Gasteiger partial charge in [0.25, 0.3) is 11.8 Å². The third kappa shape index (κ3) is 3.63. The first-order chi connectivity index (χ1) is 13.4. The van der Waals surface area contributed by atoms with Crippen molar-refractivity contribution in [1.29, 1.82) is 0 Å². The van der Waals surface area contributed by atoms with Crippen LogP contribution in [-0.4, -0.2) is 41.9 Å². The summed E-state index contributed by atoms with van der Waals surface area (Å²) in [6.45, 7) is 3.85. The molecule has 0 saturated heterocycles. The molecule has 2 aromatic rings. The van der Waals surface area contributed by atoms with Gasteiger partial charge in [-0.25, -0.2) is 4.79 Å². The smallest absolute Gasteiger partial charge is 0.349 e. The lowest BCUT2D eigenvalue weighted by molar-refractivity contribution is -0.157. The number of hydrogen-bond donors (Lipinski definition) is 0. The van der Waals surface area contributed by atoms with E-state index in [1.807, 2.05) is 19.1 Å². The molecule has 0 unspecified atom stereocenters. The molecule has 6 heteroatoms. The average Bonchev–Trinajstić information content (AvgIpc) is 2.97. The van der Waals surface area contributed by atoms with Gasteiger partial charge in [-0.05, 0) is 49.6 Å². The van der Waals surface area contributed by atoms with Crippen molar-refractivity contribution in [3.05, 3.63) is 65.2 Å². The Morgan fingerprint density at radius 3 is 2.07 bits per heavy atom. The number of imide groups is 1. The Hall–Kier alpha value is -3.15. The van der Waals surface area contributed by atoms with E-state index in [2.05, 4.69) is 0 Å². The lowest BCUT2D eigenvalue weighted by Crippen LogP contribution is -2.41. The molecule has 0 bridgehead atoms. The zero-order valence-electron chi connectivity index (χ0n) is 16.2. The third-order valence-electron chi connectivity index (χ3n) is 5.06. The molecule has 0 N–H and O–H groups in total. The zero-order valence-corrected chi connectivity index (χ0v) is 16.2. The van der Waals surface area contributed by atoms with E-state index in [1.54, 1.807) is 43.3 Å². The Morgan fingerprint density at radius 1 is 1.00 bits per heavy atom. The monoisotopic (exact) mass is 381 g/mol. The third-order valence-corrected chi connectivity index (χ3v) is 5.06. The van der Waals surface area contributed by atoms with Crippen LogP contribution in [-0.2, 0) is 16.0 Å². The molecule has 1 heterocycles. The number of rotatable bonds is 7. The maximum atomic E-state index is 12.4. The summed E-state index contributed by atoms with van der Waals surface area (Å²) >= 11 is 0. The van der Waals surface area contributed by atoms with E-state index in [0.717, 1.165) is 5.56 Å². The quantitative estimate of drug-likeness (QED) is 0.544. The summed E-state index contributed by atoms with van der Waals surface area (Å²) in [5, 5.41) is 0. The van der Waals surface area contributed by atoms with Crippen LogP contribution in [0.4, 0.5) is 0 Å². The SMILES string of the molecule is CC[C@@](C)(Oc1ccc(CCN2C(=O)c3ccccc3C2=O)cc1)C(=O)OC. The number of esters is 1. The van der Waals surface area contributed by atoms with Crippen molar-refractivity contribution in [2.75, 3.05) is 13.7 Å². The van der Waals surface area contributed by atoms with Gasteiger partial charge in [0.05, 0.1) is 18.2 Å². The second-order valence-corrected chi connectivity index (χ2v) is 6.88. The molecule has 0 aliphatic carbocycles. The van der Waals surface area contributed by atoms with Gasteiger partial charge in [-0.15, -0.1) is 0 Å². The molecule has 28 heavy (non-hydrogen) atoms. The van der Waals surface area contributed by atoms with Crippen molar-refractivity contribution in [3.63, 3.8) is 0 Å². The molecular formula is C22H23NO5. The second-order valence-electron chi connectivity index (χ2n) is 6.88. The summed E-state index contributed by atoms with van der Waals surface area (Å²) in [6.07, 6.45) is 1.01. The molecule has 0 fully saturated rings. The minimum absolute atomic E-state index is 0.252. The highest BCUT2D eigenvalue weighted by atomic mass is 16.6. The van der Waals surface area contributed by atoms with Crippen LogP contribution in [0.15, 0.2) is 48.5 Å². The summed E-state index contributed by atoms with van der Waals surface area (Å²) in [4.78, 5) is 38.0. The lowest BCUT2D eigenvalue weighted by Gasteiger charge is -2.26. The number of benzene rings is 2. The van der Waals surface area contributed by atoms with Crippen molar-refractivity contribution in [3.8, 4) is 5.75 Å². The number of hydrogen-bond acceptors (Lipinski definition) is 5. The molecule has 0 aromatic heterocycles. The van der Waals surface area contributed by atoms with E-state index in [-0.39, 0.29) is 11.8 Å². The fraction of sp³-hybridized carbons (Fsp3) is 0.318. The van der Waals surface area contributed by atoms with Gasteiger partial charge in [0.1, 0.15) is 5.75 Å². The van der Waals surface area contributed by atoms with E-state index in [1.165, 1.54) is 12.0 Å². The predicted octanol–water partition coefficient (Wildman–Crippen LogP) is 3.25. The highest BCUT2D eigenvalue weighted by molar-refractivity contribution is 6.21. The summed E-state index contributed by atoms with van der Waals surface area (Å²) in [5.41, 5.74) is 0.826. The molecule has 146 valence electrons. The van der Waals surface area contributed by atoms with Crippen LogP contribution in [0.5, 0.6) is 5.75 Å². The number of fused-ring (bicyclic) bond motifs is 1. The Labute approximate surface area is 164 Å². The lowest BCUT2D eigenvalue weighted by atomic mass is 10.0. The fourth-order valence-corrected chi connectivity index (χ4v) is 3.14. The average molecular weight is 381 g/mol. The Balaban J connectivity index is 1.64. The van der Waals surface area contributed by atoms with Crippen LogP contribution in [0.1, 0.15) is 46.5 Å². The van der Waals surface area contributed by atoms with Crippen LogP contribution in [0.25, 0.3) is 0 Å². The minimum atomic E-state index is -1.05. The van der Waals surface area contributed by atoms with Crippen molar-refractivity contribution in [2.45, 2.75) is 32.3 Å². The molecular weight excluding hydrogens is 358 g/mol. The zero-order chi connectivity index (χ0) is 20.3. The van der Waals surface area contributed by atoms with E-state index in [4.69, 9.17) is 9.47 Å². The van der Waals surface area contributed by atoms with Crippen LogP contribution in [0.2, 0.25) is 0 Å². The van der Waals surface area contributed by atoms with Gasteiger partial charge < -0.3 is 9.47 Å². The maximum absolute atomic E-state index is 12.4. The van der Waals surface area contributed by atoms with Crippen molar-refractivity contribution >= 4 is 17.8 Å². The molecule has 1 atom stereocenters. The number of carbonyl (C=O) groups is 3. The van der Waals surface area contributed by atoms with Crippen molar-refractivity contribution < 1.29 is 23.9 Å². The predicted molar refractivity (Wildman–Crippen MR) is 103 cm³/mol. The van der Waals surface area contributed by atoms with Gasteiger partial charge >= 0.3 is 5.97 Å². The van der Waals surface area contributed by atoms with Gasteiger partial charge in [0.2, 0.25) is 5.60 Å². The fourth-order valence-electron chi connectivity index (χ4n) is 3.14. The Bertz CT molecular complexity index is 870. The normalized spacial score (nSPS) is 15.2. The minimum Gasteiger partial charge on any atom is -0.476 e. The maximum Gasteiger partial charge on any atom is 0.349 e. The van der Waals surface area contributed by atoms with Crippen LogP contribution in [0.3, 0.4) is 0 Å². The molecule has 6 nitrogen and oxygen atoms in total. The van der Waals surface area contributed by atoms with Crippen LogP contribution in [0, 0.1) is 0 Å². The highest BCUT2D eigenvalue weighted by Gasteiger charge is 2.35. The van der Waals surface area contributed by atoms with Gasteiger partial charge in [0.15, 0.2) is 0 Å². The first-order valence-electron chi connectivity index (χ1n) is 9.21. The number of amides is 2. The number of carbonyl (C=O) groups excluding carboxylic acids is 3. The molecule has 1 aliphatic rings. The number of nitrogens with zero attached hydrogens (tertiary/aromatic N) is 1. The summed E-state index contributed by atoms with van der Waals surface area (Å²) in [6, 6.07) is 14.1. The summed E-state index contributed by atoms with van der Waals surface area (Å²) in [5.74, 6) is -0.376. The molecule has 3 rings (SSSR count).